The van der Waals surface area contributed by atoms with Crippen molar-refractivity contribution in [1.29, 1.82) is 0 Å². The third kappa shape index (κ3) is 8.24. The molecule has 212 valence electrons. The molecule has 1 saturated carbocycles. The van der Waals surface area contributed by atoms with Gasteiger partial charge in [-0.3, -0.25) is 14.4 Å². The van der Waals surface area contributed by atoms with Crippen LogP contribution in [0.3, 0.4) is 0 Å². The summed E-state index contributed by atoms with van der Waals surface area (Å²) in [5.41, 5.74) is 3.32. The van der Waals surface area contributed by atoms with Crippen molar-refractivity contribution in [2.45, 2.75) is 38.1 Å². The molecule has 3 amide bonds. The number of anilines is 1. The summed E-state index contributed by atoms with van der Waals surface area (Å²) in [5, 5.41) is 9.34. The number of rotatable bonds is 8. The number of methoxy groups -OCH3 is 1. The molecule has 0 aliphatic heterocycles. The number of halogens is 1. The standard InChI is InChI=1S/C30H29BrN4O6/c1-40-23-14-11-19(12-15-23)30(39)41-26-16-13-21(31)17-20(26)18-32-35-29(38)28(37)34-25-10-6-5-9-24(25)27(36)33-22-7-3-2-4-8-22/h5-6,9-18,22H,2-4,7-8H2,1H3,(H,33,36)(H,34,37)(H,35,38). The Morgan fingerprint density at radius 1 is 0.927 bits per heavy atom. The van der Waals surface area contributed by atoms with Crippen LogP contribution in [0.5, 0.6) is 11.5 Å². The molecule has 3 N–H and O–H groups in total. The van der Waals surface area contributed by atoms with Crippen molar-refractivity contribution in [3.8, 4) is 11.5 Å². The molecule has 3 aromatic rings. The van der Waals surface area contributed by atoms with Crippen molar-refractivity contribution < 1.29 is 28.7 Å². The van der Waals surface area contributed by atoms with Gasteiger partial charge in [-0.05, 0) is 67.4 Å². The Kier molecular flexibility index (Phi) is 10.2. The minimum Gasteiger partial charge on any atom is -0.497 e. The van der Waals surface area contributed by atoms with E-state index in [-0.39, 0.29) is 28.9 Å². The third-order valence-electron chi connectivity index (χ3n) is 6.44. The molecule has 4 rings (SSSR count). The van der Waals surface area contributed by atoms with Gasteiger partial charge < -0.3 is 20.1 Å². The molecule has 1 aliphatic rings. The monoisotopic (exact) mass is 620 g/mol. The summed E-state index contributed by atoms with van der Waals surface area (Å²) >= 11 is 3.35. The highest BCUT2D eigenvalue weighted by Gasteiger charge is 2.21. The Hall–Kier alpha value is -4.51. The van der Waals surface area contributed by atoms with Gasteiger partial charge in [-0.25, -0.2) is 10.2 Å². The van der Waals surface area contributed by atoms with E-state index in [1.54, 1.807) is 66.7 Å². The smallest absolute Gasteiger partial charge is 0.343 e. The van der Waals surface area contributed by atoms with Crippen molar-refractivity contribution in [2.75, 3.05) is 12.4 Å². The van der Waals surface area contributed by atoms with Crippen LogP contribution in [0, 0.1) is 0 Å². The maximum atomic E-state index is 12.8. The first kappa shape index (κ1) is 29.5. The molecule has 0 unspecified atom stereocenters. The molecule has 11 heteroatoms. The lowest BCUT2D eigenvalue weighted by molar-refractivity contribution is -0.136. The van der Waals surface area contributed by atoms with Crippen LogP contribution in [0.15, 0.2) is 76.3 Å². The van der Waals surface area contributed by atoms with Gasteiger partial charge in [-0.1, -0.05) is 47.3 Å². The summed E-state index contributed by atoms with van der Waals surface area (Å²) < 4.78 is 11.3. The van der Waals surface area contributed by atoms with Gasteiger partial charge in [0.05, 0.1) is 30.1 Å². The predicted octanol–water partition coefficient (Wildman–Crippen LogP) is 4.83. The van der Waals surface area contributed by atoms with E-state index < -0.39 is 17.8 Å². The average Bonchev–Trinajstić information content (AvgIpc) is 2.99. The Labute approximate surface area is 245 Å². The second-order valence-corrected chi connectivity index (χ2v) is 10.2. The van der Waals surface area contributed by atoms with Crippen molar-refractivity contribution in [1.82, 2.24) is 10.7 Å². The number of hydrogen-bond donors (Lipinski definition) is 3. The summed E-state index contributed by atoms with van der Waals surface area (Å²) in [6.07, 6.45) is 6.38. The number of amides is 3. The third-order valence-corrected chi connectivity index (χ3v) is 6.93. The van der Waals surface area contributed by atoms with E-state index in [9.17, 15) is 19.2 Å². The summed E-state index contributed by atoms with van der Waals surface area (Å²) in [4.78, 5) is 50.5. The molecular weight excluding hydrogens is 592 g/mol. The molecule has 0 aromatic heterocycles. The molecule has 1 fully saturated rings. The summed E-state index contributed by atoms with van der Waals surface area (Å²) in [7, 11) is 1.53. The average molecular weight is 621 g/mol. The van der Waals surface area contributed by atoms with E-state index in [2.05, 4.69) is 37.1 Å². The van der Waals surface area contributed by atoms with Crippen LogP contribution in [0.1, 0.15) is 58.4 Å². The second-order valence-electron chi connectivity index (χ2n) is 9.31. The topological polar surface area (TPSA) is 135 Å². The van der Waals surface area contributed by atoms with E-state index >= 15 is 0 Å². The first-order valence-electron chi connectivity index (χ1n) is 13.0. The molecule has 0 heterocycles. The van der Waals surface area contributed by atoms with Crippen LogP contribution in [-0.2, 0) is 9.59 Å². The minimum absolute atomic E-state index is 0.0936. The van der Waals surface area contributed by atoms with E-state index in [0.29, 0.717) is 21.3 Å². The molecule has 0 radical (unpaired) electrons. The lowest BCUT2D eigenvalue weighted by atomic mass is 9.95. The highest BCUT2D eigenvalue weighted by molar-refractivity contribution is 9.10. The van der Waals surface area contributed by atoms with E-state index in [4.69, 9.17) is 9.47 Å². The zero-order chi connectivity index (χ0) is 29.2. The number of para-hydroxylation sites is 1. The van der Waals surface area contributed by atoms with Gasteiger partial charge in [0, 0.05) is 16.1 Å². The highest BCUT2D eigenvalue weighted by Crippen LogP contribution is 2.24. The Morgan fingerprint density at radius 3 is 2.39 bits per heavy atom. The van der Waals surface area contributed by atoms with Gasteiger partial charge in [0.15, 0.2) is 0 Å². The number of ether oxygens (including phenoxy) is 2. The Bertz CT molecular complexity index is 1450. The van der Waals surface area contributed by atoms with E-state index in [1.807, 2.05) is 0 Å². The van der Waals surface area contributed by atoms with Crippen LogP contribution in [0.25, 0.3) is 0 Å². The predicted molar refractivity (Wildman–Crippen MR) is 157 cm³/mol. The molecule has 0 spiro atoms. The summed E-state index contributed by atoms with van der Waals surface area (Å²) in [5.74, 6) is -2.16. The molecule has 3 aromatic carbocycles. The number of hydrogen-bond acceptors (Lipinski definition) is 7. The molecule has 0 bridgehead atoms. The van der Waals surface area contributed by atoms with Gasteiger partial charge >= 0.3 is 17.8 Å². The van der Waals surface area contributed by atoms with Gasteiger partial charge in [0.1, 0.15) is 11.5 Å². The number of carbonyl (C=O) groups excluding carboxylic acids is 4. The molecule has 0 atom stereocenters. The van der Waals surface area contributed by atoms with Crippen molar-refractivity contribution in [2.24, 2.45) is 5.10 Å². The normalized spacial score (nSPS) is 13.3. The zero-order valence-corrected chi connectivity index (χ0v) is 23.9. The fraction of sp³-hybridized carbons (Fsp3) is 0.233. The van der Waals surface area contributed by atoms with Crippen LogP contribution < -0.4 is 25.5 Å². The van der Waals surface area contributed by atoms with Gasteiger partial charge in [0.2, 0.25) is 0 Å². The molecule has 1 aliphatic carbocycles. The first-order chi connectivity index (χ1) is 19.8. The summed E-state index contributed by atoms with van der Waals surface area (Å²) in [6, 6.07) is 17.9. The number of esters is 1. The molecule has 10 nitrogen and oxygen atoms in total. The maximum Gasteiger partial charge on any atom is 0.343 e. The van der Waals surface area contributed by atoms with Crippen LogP contribution in [0.2, 0.25) is 0 Å². The minimum atomic E-state index is -1.05. The Morgan fingerprint density at radius 2 is 1.66 bits per heavy atom. The van der Waals surface area contributed by atoms with Crippen LogP contribution in [0.4, 0.5) is 5.69 Å². The van der Waals surface area contributed by atoms with Gasteiger partial charge in [-0.15, -0.1) is 0 Å². The first-order valence-corrected chi connectivity index (χ1v) is 13.8. The van der Waals surface area contributed by atoms with Crippen molar-refractivity contribution in [3.05, 3.63) is 87.9 Å². The second kappa shape index (κ2) is 14.2. The van der Waals surface area contributed by atoms with Crippen LogP contribution >= 0.6 is 15.9 Å². The molecule has 41 heavy (non-hydrogen) atoms. The van der Waals surface area contributed by atoms with Gasteiger partial charge in [-0.2, -0.15) is 5.10 Å². The number of nitrogens with zero attached hydrogens (tertiary/aromatic N) is 1. The van der Waals surface area contributed by atoms with Gasteiger partial charge in [0.25, 0.3) is 5.91 Å². The quantitative estimate of drug-likeness (QED) is 0.109. The largest absolute Gasteiger partial charge is 0.497 e. The fourth-order valence-electron chi connectivity index (χ4n) is 4.29. The number of benzene rings is 3. The highest BCUT2D eigenvalue weighted by atomic mass is 79.9. The lowest BCUT2D eigenvalue weighted by Gasteiger charge is -2.23. The molecule has 0 saturated heterocycles. The lowest BCUT2D eigenvalue weighted by Crippen LogP contribution is -2.37. The van der Waals surface area contributed by atoms with E-state index in [1.165, 1.54) is 13.3 Å². The van der Waals surface area contributed by atoms with E-state index in [0.717, 1.165) is 32.1 Å². The van der Waals surface area contributed by atoms with Crippen LogP contribution in [-0.4, -0.2) is 43.1 Å². The van der Waals surface area contributed by atoms with Crippen molar-refractivity contribution in [3.63, 3.8) is 0 Å². The number of hydrazone groups is 1. The zero-order valence-electron chi connectivity index (χ0n) is 22.3. The SMILES string of the molecule is COc1ccc(C(=O)Oc2ccc(Br)cc2C=NNC(=O)C(=O)Nc2ccccc2C(=O)NC2CCCCC2)cc1. The number of nitrogens with one attached hydrogen (secondary N) is 3. The Balaban J connectivity index is 1.38. The maximum absolute atomic E-state index is 12.8. The fourth-order valence-corrected chi connectivity index (χ4v) is 4.67. The number of carbonyl (C=O) groups is 4. The van der Waals surface area contributed by atoms with Crippen molar-refractivity contribution >= 4 is 51.5 Å². The molecular formula is C30H29BrN4O6. The summed E-state index contributed by atoms with van der Waals surface area (Å²) in [6.45, 7) is 0.